The minimum atomic E-state index is 0.152. The van der Waals surface area contributed by atoms with Gasteiger partial charge in [-0.15, -0.1) is 0 Å². The molecule has 1 aliphatic heterocycles. The molecule has 30 heavy (non-hydrogen) atoms. The number of nitriles is 1. The summed E-state index contributed by atoms with van der Waals surface area (Å²) in [6, 6.07) is 17.7. The van der Waals surface area contributed by atoms with Gasteiger partial charge in [0, 0.05) is 50.6 Å². The van der Waals surface area contributed by atoms with Crippen LogP contribution >= 0.6 is 0 Å². The first kappa shape index (κ1) is 22.2. The lowest BCUT2D eigenvalue weighted by Crippen LogP contribution is -2.44. The van der Waals surface area contributed by atoms with Crippen molar-refractivity contribution < 1.29 is 0 Å². The van der Waals surface area contributed by atoms with E-state index in [9.17, 15) is 5.26 Å². The number of nitrogens with zero attached hydrogens (tertiary/aromatic N) is 4. The molecule has 2 aromatic rings. The highest BCUT2D eigenvalue weighted by molar-refractivity contribution is 5.56. The van der Waals surface area contributed by atoms with E-state index in [0.29, 0.717) is 0 Å². The second-order valence-electron chi connectivity index (χ2n) is 9.46. The molecule has 0 aliphatic carbocycles. The molecule has 3 rings (SSSR count). The first-order valence-corrected chi connectivity index (χ1v) is 11.1. The molecule has 4 heteroatoms. The Labute approximate surface area is 182 Å². The zero-order chi connectivity index (χ0) is 21.7. The number of anilines is 2. The molecule has 0 unspecified atom stereocenters. The van der Waals surface area contributed by atoms with Gasteiger partial charge in [-0.1, -0.05) is 39.8 Å². The Morgan fingerprint density at radius 1 is 1.00 bits per heavy atom. The van der Waals surface area contributed by atoms with Crippen molar-refractivity contribution in [1.29, 1.82) is 5.26 Å². The van der Waals surface area contributed by atoms with Crippen molar-refractivity contribution in [3.05, 3.63) is 59.2 Å². The molecule has 0 N–H and O–H groups in total. The predicted octanol–water partition coefficient (Wildman–Crippen LogP) is 5.02. The molecule has 4 nitrogen and oxygen atoms in total. The molecule has 0 radical (unpaired) electrons. The zero-order valence-corrected chi connectivity index (χ0v) is 19.3. The van der Waals surface area contributed by atoms with E-state index >= 15 is 0 Å². The number of piperazine rings is 1. The second kappa shape index (κ2) is 9.53. The van der Waals surface area contributed by atoms with E-state index in [2.05, 4.69) is 91.9 Å². The molecule has 0 aromatic heterocycles. The first-order chi connectivity index (χ1) is 14.3. The Balaban J connectivity index is 1.85. The number of benzene rings is 2. The summed E-state index contributed by atoms with van der Waals surface area (Å²) in [6.45, 7) is 14.9. The number of hydrogen-bond acceptors (Lipinski definition) is 4. The molecule has 0 saturated carbocycles. The molecule has 0 bridgehead atoms. The smallest absolute Gasteiger partial charge is 0.0995 e. The lowest BCUT2D eigenvalue weighted by molar-refractivity contribution is 0.313. The van der Waals surface area contributed by atoms with Gasteiger partial charge < -0.3 is 14.7 Å². The summed E-state index contributed by atoms with van der Waals surface area (Å²) in [6.07, 6.45) is 1.07. The topological polar surface area (TPSA) is 33.5 Å². The average molecular weight is 405 g/mol. The van der Waals surface area contributed by atoms with Crippen LogP contribution in [0.1, 0.15) is 50.8 Å². The van der Waals surface area contributed by atoms with Crippen molar-refractivity contribution in [3.8, 4) is 6.07 Å². The van der Waals surface area contributed by atoms with E-state index in [4.69, 9.17) is 0 Å². The van der Waals surface area contributed by atoms with Gasteiger partial charge in [-0.05, 0) is 60.3 Å². The van der Waals surface area contributed by atoms with Crippen LogP contribution in [0.2, 0.25) is 0 Å². The first-order valence-electron chi connectivity index (χ1n) is 11.1. The highest BCUT2D eigenvalue weighted by atomic mass is 15.2. The van der Waals surface area contributed by atoms with Crippen molar-refractivity contribution >= 4 is 11.4 Å². The Kier molecular flexibility index (Phi) is 7.05. The maximum Gasteiger partial charge on any atom is 0.0995 e. The van der Waals surface area contributed by atoms with E-state index in [1.165, 1.54) is 16.9 Å². The lowest BCUT2D eigenvalue weighted by Gasteiger charge is -2.34. The number of hydrogen-bond donors (Lipinski definition) is 0. The van der Waals surface area contributed by atoms with Crippen molar-refractivity contribution in [2.45, 2.75) is 46.1 Å². The molecule has 0 spiro atoms. The molecule has 1 saturated heterocycles. The highest BCUT2D eigenvalue weighted by Gasteiger charge is 2.18. The third-order valence-corrected chi connectivity index (χ3v) is 6.03. The van der Waals surface area contributed by atoms with Crippen LogP contribution in [0.25, 0.3) is 0 Å². The van der Waals surface area contributed by atoms with Crippen LogP contribution in [-0.2, 0) is 12.0 Å². The third-order valence-electron chi connectivity index (χ3n) is 6.03. The van der Waals surface area contributed by atoms with E-state index in [1.807, 2.05) is 6.07 Å². The molecule has 1 aliphatic rings. The summed E-state index contributed by atoms with van der Waals surface area (Å²) in [5.41, 5.74) is 5.84. The van der Waals surface area contributed by atoms with Gasteiger partial charge in [-0.2, -0.15) is 5.26 Å². The fourth-order valence-corrected chi connectivity index (χ4v) is 4.03. The monoisotopic (exact) mass is 404 g/mol. The van der Waals surface area contributed by atoms with E-state index in [-0.39, 0.29) is 5.41 Å². The third kappa shape index (κ3) is 5.34. The number of rotatable bonds is 6. The summed E-state index contributed by atoms with van der Waals surface area (Å²) < 4.78 is 0. The summed E-state index contributed by atoms with van der Waals surface area (Å²) in [5.74, 6) is 0. The summed E-state index contributed by atoms with van der Waals surface area (Å²) >= 11 is 0. The molecule has 1 heterocycles. The van der Waals surface area contributed by atoms with Gasteiger partial charge in [0.05, 0.1) is 11.6 Å². The van der Waals surface area contributed by atoms with Crippen molar-refractivity contribution in [1.82, 2.24) is 4.90 Å². The van der Waals surface area contributed by atoms with Crippen LogP contribution in [0.5, 0.6) is 0 Å². The maximum atomic E-state index is 9.70. The zero-order valence-electron chi connectivity index (χ0n) is 19.3. The minimum Gasteiger partial charge on any atom is -0.369 e. The normalized spacial score (nSPS) is 15.1. The fraction of sp³-hybridized carbons (Fsp3) is 0.500. The Morgan fingerprint density at radius 2 is 1.67 bits per heavy atom. The van der Waals surface area contributed by atoms with Gasteiger partial charge in [0.1, 0.15) is 0 Å². The fourth-order valence-electron chi connectivity index (χ4n) is 4.03. The van der Waals surface area contributed by atoms with Gasteiger partial charge in [-0.3, -0.25) is 0 Å². The molecule has 0 amide bonds. The second-order valence-corrected chi connectivity index (χ2v) is 9.46. The Hall–Kier alpha value is -2.51. The molecule has 0 atom stereocenters. The van der Waals surface area contributed by atoms with Crippen LogP contribution in [0.15, 0.2) is 42.5 Å². The van der Waals surface area contributed by atoms with E-state index in [0.717, 1.165) is 56.8 Å². The van der Waals surface area contributed by atoms with Gasteiger partial charge in [-0.25, -0.2) is 0 Å². The van der Waals surface area contributed by atoms with Gasteiger partial charge in [0.25, 0.3) is 0 Å². The van der Waals surface area contributed by atoms with E-state index < -0.39 is 0 Å². The highest BCUT2D eigenvalue weighted by Crippen LogP contribution is 2.27. The van der Waals surface area contributed by atoms with Crippen LogP contribution < -0.4 is 9.80 Å². The lowest BCUT2D eigenvalue weighted by atomic mass is 9.87. The summed E-state index contributed by atoms with van der Waals surface area (Å²) in [4.78, 5) is 7.20. The average Bonchev–Trinajstić information content (AvgIpc) is 2.73. The molecular weight excluding hydrogens is 368 g/mol. The largest absolute Gasteiger partial charge is 0.369 e. The van der Waals surface area contributed by atoms with Gasteiger partial charge in [0.15, 0.2) is 0 Å². The van der Waals surface area contributed by atoms with Crippen molar-refractivity contribution in [2.24, 2.45) is 0 Å². The van der Waals surface area contributed by atoms with Gasteiger partial charge >= 0.3 is 0 Å². The van der Waals surface area contributed by atoms with Crippen LogP contribution in [-0.4, -0.2) is 44.7 Å². The van der Waals surface area contributed by atoms with Crippen LogP contribution in [0, 0.1) is 11.3 Å². The Bertz CT molecular complexity index is 865. The summed E-state index contributed by atoms with van der Waals surface area (Å²) in [7, 11) is 2.18. The molecule has 2 aromatic carbocycles. The van der Waals surface area contributed by atoms with Crippen molar-refractivity contribution in [3.63, 3.8) is 0 Å². The minimum absolute atomic E-state index is 0.152. The molecule has 1 fully saturated rings. The Morgan fingerprint density at radius 3 is 2.23 bits per heavy atom. The number of likely N-dealkylation sites (N-methyl/N-ethyl adjacent to an activating group) is 1. The van der Waals surface area contributed by atoms with E-state index in [1.54, 1.807) is 0 Å². The SMILES string of the molecule is CCCN(Cc1cc(N2CCN(C)CC2)ccc1C#N)c1ccc(C(C)(C)C)cc1. The predicted molar refractivity (Wildman–Crippen MR) is 127 cm³/mol. The standard InChI is InChI=1S/C26H36N4/c1-6-13-30(24-11-8-23(9-12-24)26(2,3)4)20-22-18-25(10-7-21(22)19-27)29-16-14-28(5)15-17-29/h7-12,18H,6,13-17,20H2,1-5H3. The maximum absolute atomic E-state index is 9.70. The van der Waals surface area contributed by atoms with Crippen LogP contribution in [0.4, 0.5) is 11.4 Å². The quantitative estimate of drug-likeness (QED) is 0.677. The molecular formula is C26H36N4. The summed E-state index contributed by atoms with van der Waals surface area (Å²) in [5, 5.41) is 9.70. The van der Waals surface area contributed by atoms with Crippen LogP contribution in [0.3, 0.4) is 0 Å². The van der Waals surface area contributed by atoms with Crippen molar-refractivity contribution in [2.75, 3.05) is 49.6 Å². The molecule has 160 valence electrons. The van der Waals surface area contributed by atoms with Gasteiger partial charge in [0.2, 0.25) is 0 Å².